The number of aryl methyl sites for hydroxylation is 1. The van der Waals surface area contributed by atoms with Crippen molar-refractivity contribution in [1.82, 2.24) is 0 Å². The van der Waals surface area contributed by atoms with Crippen LogP contribution in [0, 0.1) is 12.8 Å². The maximum absolute atomic E-state index is 9.99. The molecule has 0 amide bonds. The second kappa shape index (κ2) is 3.83. The first-order valence-electron chi connectivity index (χ1n) is 5.40. The summed E-state index contributed by atoms with van der Waals surface area (Å²) in [6, 6.07) is 4.95. The van der Waals surface area contributed by atoms with Gasteiger partial charge in [-0.25, -0.2) is 0 Å². The first-order valence-corrected chi connectivity index (χ1v) is 5.40. The monoisotopic (exact) mass is 220 g/mol. The molecule has 1 unspecified atom stereocenters. The van der Waals surface area contributed by atoms with E-state index in [9.17, 15) is 10.2 Å². The van der Waals surface area contributed by atoms with Crippen LogP contribution in [0.15, 0.2) is 22.6 Å². The quantitative estimate of drug-likeness (QED) is 0.817. The van der Waals surface area contributed by atoms with Crippen LogP contribution in [0.2, 0.25) is 0 Å². The van der Waals surface area contributed by atoms with Gasteiger partial charge < -0.3 is 14.6 Å². The summed E-state index contributed by atoms with van der Waals surface area (Å²) in [7, 11) is 0. The van der Waals surface area contributed by atoms with Crippen LogP contribution in [0.1, 0.15) is 31.3 Å². The minimum Gasteiger partial charge on any atom is -0.508 e. The molecule has 3 heteroatoms. The van der Waals surface area contributed by atoms with Gasteiger partial charge in [0.05, 0.1) is 0 Å². The summed E-state index contributed by atoms with van der Waals surface area (Å²) in [6.45, 7) is 5.77. The molecule has 16 heavy (non-hydrogen) atoms. The molecule has 0 saturated carbocycles. The number of benzene rings is 1. The van der Waals surface area contributed by atoms with Crippen LogP contribution in [0.25, 0.3) is 11.0 Å². The Morgan fingerprint density at radius 2 is 1.94 bits per heavy atom. The van der Waals surface area contributed by atoms with E-state index < -0.39 is 6.10 Å². The Labute approximate surface area is 94.3 Å². The normalized spacial score (nSPS) is 13.6. The molecule has 3 nitrogen and oxygen atoms in total. The van der Waals surface area contributed by atoms with Gasteiger partial charge in [0.25, 0.3) is 0 Å². The Morgan fingerprint density at radius 1 is 1.25 bits per heavy atom. The van der Waals surface area contributed by atoms with Crippen LogP contribution in [0.4, 0.5) is 0 Å². The van der Waals surface area contributed by atoms with Crippen molar-refractivity contribution in [3.05, 3.63) is 29.5 Å². The zero-order valence-electron chi connectivity index (χ0n) is 9.69. The fraction of sp³-hybridized carbons (Fsp3) is 0.385. The predicted octanol–water partition coefficient (Wildman–Crippen LogP) is 3.14. The second-order valence-corrected chi connectivity index (χ2v) is 4.46. The topological polar surface area (TPSA) is 53.6 Å². The molecule has 0 aliphatic carbocycles. The van der Waals surface area contributed by atoms with Gasteiger partial charge in [0.15, 0.2) is 0 Å². The van der Waals surface area contributed by atoms with E-state index in [1.807, 2.05) is 20.8 Å². The van der Waals surface area contributed by atoms with Gasteiger partial charge in [0.1, 0.15) is 23.2 Å². The summed E-state index contributed by atoms with van der Waals surface area (Å²) < 4.78 is 5.62. The van der Waals surface area contributed by atoms with Crippen LogP contribution in [0.3, 0.4) is 0 Å². The minimum atomic E-state index is -0.602. The third-order valence-electron chi connectivity index (χ3n) is 2.86. The highest BCUT2D eigenvalue weighted by Crippen LogP contribution is 2.34. The summed E-state index contributed by atoms with van der Waals surface area (Å²) in [5.74, 6) is 0.908. The maximum Gasteiger partial charge on any atom is 0.136 e. The van der Waals surface area contributed by atoms with E-state index in [4.69, 9.17) is 4.42 Å². The lowest BCUT2D eigenvalue weighted by molar-refractivity contribution is 0.104. The molecular formula is C13H16O3. The summed E-state index contributed by atoms with van der Waals surface area (Å²) in [5, 5.41) is 20.3. The lowest BCUT2D eigenvalue weighted by Gasteiger charge is -2.12. The van der Waals surface area contributed by atoms with Crippen molar-refractivity contribution in [2.75, 3.05) is 0 Å². The summed E-state index contributed by atoms with van der Waals surface area (Å²) in [5.41, 5.74) is 1.59. The van der Waals surface area contributed by atoms with Crippen molar-refractivity contribution < 1.29 is 14.6 Å². The largest absolute Gasteiger partial charge is 0.508 e. The number of furan rings is 1. The number of aliphatic hydroxyl groups is 1. The molecule has 0 aliphatic heterocycles. The molecule has 1 aromatic heterocycles. The van der Waals surface area contributed by atoms with E-state index >= 15 is 0 Å². The number of phenolic OH excluding ortho intramolecular Hbond substituents is 1. The number of aliphatic hydroxyl groups excluding tert-OH is 1. The molecule has 1 heterocycles. The van der Waals surface area contributed by atoms with Crippen molar-refractivity contribution in [2.45, 2.75) is 26.9 Å². The maximum atomic E-state index is 9.99. The average molecular weight is 220 g/mol. The molecule has 0 aliphatic rings. The summed E-state index contributed by atoms with van der Waals surface area (Å²) in [4.78, 5) is 0. The number of hydrogen-bond acceptors (Lipinski definition) is 3. The first kappa shape index (κ1) is 11.0. The van der Waals surface area contributed by atoms with Gasteiger partial charge in [-0.05, 0) is 31.0 Å². The van der Waals surface area contributed by atoms with Gasteiger partial charge in [0, 0.05) is 10.9 Å². The fourth-order valence-corrected chi connectivity index (χ4v) is 1.81. The third kappa shape index (κ3) is 1.67. The van der Waals surface area contributed by atoms with Crippen molar-refractivity contribution in [2.24, 2.45) is 5.92 Å². The molecule has 1 atom stereocenters. The number of fused-ring (bicyclic) bond motifs is 1. The Balaban J connectivity index is 2.60. The molecule has 2 N–H and O–H groups in total. The lowest BCUT2D eigenvalue weighted by Crippen LogP contribution is -2.05. The predicted molar refractivity (Wildman–Crippen MR) is 62.4 cm³/mol. The van der Waals surface area contributed by atoms with Crippen molar-refractivity contribution in [3.63, 3.8) is 0 Å². The van der Waals surface area contributed by atoms with Gasteiger partial charge >= 0.3 is 0 Å². The lowest BCUT2D eigenvalue weighted by atomic mass is 10.0. The zero-order chi connectivity index (χ0) is 11.9. The number of aromatic hydroxyl groups is 1. The molecule has 0 radical (unpaired) electrons. The van der Waals surface area contributed by atoms with Gasteiger partial charge in [-0.1, -0.05) is 13.8 Å². The molecule has 0 fully saturated rings. The Morgan fingerprint density at radius 3 is 2.56 bits per heavy atom. The Kier molecular flexibility index (Phi) is 2.64. The van der Waals surface area contributed by atoms with E-state index in [0.29, 0.717) is 11.3 Å². The molecule has 1 aromatic carbocycles. The molecule has 2 aromatic rings. The number of phenols is 1. The van der Waals surface area contributed by atoms with Crippen molar-refractivity contribution in [1.29, 1.82) is 0 Å². The van der Waals surface area contributed by atoms with E-state index in [0.717, 1.165) is 10.9 Å². The highest BCUT2D eigenvalue weighted by atomic mass is 16.4. The van der Waals surface area contributed by atoms with Crippen LogP contribution in [-0.2, 0) is 0 Å². The van der Waals surface area contributed by atoms with Crippen LogP contribution < -0.4 is 0 Å². The van der Waals surface area contributed by atoms with Gasteiger partial charge in [0.2, 0.25) is 0 Å². The van der Waals surface area contributed by atoms with Crippen molar-refractivity contribution >= 4 is 11.0 Å². The standard InChI is InChI=1S/C13H16O3/c1-7(2)12(15)13-8(3)10-6-9(14)4-5-11(10)16-13/h4-7,12,14-15H,1-3H3. The highest BCUT2D eigenvalue weighted by Gasteiger charge is 2.20. The molecule has 0 bridgehead atoms. The Hall–Kier alpha value is -1.48. The summed E-state index contributed by atoms with van der Waals surface area (Å²) >= 11 is 0. The highest BCUT2D eigenvalue weighted by molar-refractivity contribution is 5.83. The van der Waals surface area contributed by atoms with Gasteiger partial charge in [-0.15, -0.1) is 0 Å². The van der Waals surface area contributed by atoms with Gasteiger partial charge in [-0.2, -0.15) is 0 Å². The van der Waals surface area contributed by atoms with Crippen LogP contribution in [-0.4, -0.2) is 10.2 Å². The SMILES string of the molecule is Cc1c(C(O)C(C)C)oc2ccc(O)cc12. The molecule has 0 spiro atoms. The zero-order valence-corrected chi connectivity index (χ0v) is 9.69. The average Bonchev–Trinajstić information content (AvgIpc) is 2.55. The molecule has 2 rings (SSSR count). The van der Waals surface area contributed by atoms with Crippen LogP contribution >= 0.6 is 0 Å². The van der Waals surface area contributed by atoms with Crippen LogP contribution in [0.5, 0.6) is 5.75 Å². The molecule has 0 saturated heterocycles. The van der Waals surface area contributed by atoms with Crippen molar-refractivity contribution in [3.8, 4) is 5.75 Å². The molecule has 86 valence electrons. The third-order valence-corrected chi connectivity index (χ3v) is 2.86. The minimum absolute atomic E-state index is 0.104. The fourth-order valence-electron chi connectivity index (χ4n) is 1.81. The van der Waals surface area contributed by atoms with E-state index in [2.05, 4.69) is 0 Å². The van der Waals surface area contributed by atoms with E-state index in [-0.39, 0.29) is 11.7 Å². The second-order valence-electron chi connectivity index (χ2n) is 4.46. The first-order chi connectivity index (χ1) is 7.50. The molecular weight excluding hydrogens is 204 g/mol. The Bertz CT molecular complexity index is 511. The number of hydrogen-bond donors (Lipinski definition) is 2. The van der Waals surface area contributed by atoms with E-state index in [1.165, 1.54) is 0 Å². The van der Waals surface area contributed by atoms with Gasteiger partial charge in [-0.3, -0.25) is 0 Å². The smallest absolute Gasteiger partial charge is 0.136 e. The number of rotatable bonds is 2. The van der Waals surface area contributed by atoms with E-state index in [1.54, 1.807) is 18.2 Å². The summed E-state index contributed by atoms with van der Waals surface area (Å²) in [6.07, 6.45) is -0.602.